The first kappa shape index (κ1) is 28.9. The molecule has 0 radical (unpaired) electrons. The van der Waals surface area contributed by atoms with Crippen LogP contribution in [0.25, 0.3) is 11.3 Å². The summed E-state index contributed by atoms with van der Waals surface area (Å²) in [5, 5.41) is 6.27. The Morgan fingerprint density at radius 3 is 2.53 bits per heavy atom. The van der Waals surface area contributed by atoms with Crippen LogP contribution in [0.3, 0.4) is 0 Å². The van der Waals surface area contributed by atoms with Crippen LogP contribution < -0.4 is 20.3 Å². The largest absolute Gasteiger partial charge is 0.489 e. The number of nitrogens with one attached hydrogen (secondary N) is 2. The molecule has 0 spiro atoms. The third-order valence-electron chi connectivity index (χ3n) is 8.02. The maximum absolute atomic E-state index is 15.2. The predicted molar refractivity (Wildman–Crippen MR) is 160 cm³/mol. The van der Waals surface area contributed by atoms with Crippen molar-refractivity contribution in [3.63, 3.8) is 0 Å². The SMILES string of the molecule is CC(C)(C)OC(=O)N1CCC(Oc2ccc(Nc3ncc(F)c(-c4cc(F)c5c(c4)N4C(CCC4(C)C)N5)n3)nc2)CC1. The number of carbonyl (C=O) groups is 1. The molecule has 0 bridgehead atoms. The minimum atomic E-state index is -0.650. The van der Waals surface area contributed by atoms with Crippen LogP contribution in [0.2, 0.25) is 0 Å². The first-order chi connectivity index (χ1) is 20.4. The van der Waals surface area contributed by atoms with Crippen LogP contribution >= 0.6 is 0 Å². The van der Waals surface area contributed by atoms with Gasteiger partial charge in [0.25, 0.3) is 0 Å². The molecule has 2 N–H and O–H groups in total. The molecule has 1 atom stereocenters. The van der Waals surface area contributed by atoms with Gasteiger partial charge in [-0.15, -0.1) is 0 Å². The summed E-state index contributed by atoms with van der Waals surface area (Å²) in [7, 11) is 0. The zero-order valence-corrected chi connectivity index (χ0v) is 25.1. The lowest BCUT2D eigenvalue weighted by atomic mass is 10.00. The van der Waals surface area contributed by atoms with E-state index in [-0.39, 0.29) is 35.5 Å². The number of piperidine rings is 1. The molecule has 2 saturated heterocycles. The molecule has 2 fully saturated rings. The Hall–Kier alpha value is -4.22. The summed E-state index contributed by atoms with van der Waals surface area (Å²) in [6.45, 7) is 10.9. The van der Waals surface area contributed by atoms with Gasteiger partial charge in [0, 0.05) is 37.0 Å². The van der Waals surface area contributed by atoms with E-state index in [0.29, 0.717) is 54.4 Å². The van der Waals surface area contributed by atoms with Crippen LogP contribution in [0.5, 0.6) is 5.75 Å². The third kappa shape index (κ3) is 6.00. The van der Waals surface area contributed by atoms with Crippen LogP contribution in [0.4, 0.5) is 36.7 Å². The van der Waals surface area contributed by atoms with Crippen molar-refractivity contribution in [2.24, 2.45) is 0 Å². The molecule has 1 unspecified atom stereocenters. The fourth-order valence-corrected chi connectivity index (χ4v) is 5.96. The van der Waals surface area contributed by atoms with Gasteiger partial charge in [0.15, 0.2) is 5.82 Å². The van der Waals surface area contributed by atoms with Crippen molar-refractivity contribution in [3.8, 4) is 17.0 Å². The molecule has 228 valence electrons. The molecule has 43 heavy (non-hydrogen) atoms. The second-order valence-corrected chi connectivity index (χ2v) is 12.9. The summed E-state index contributed by atoms with van der Waals surface area (Å²) in [6, 6.07) is 6.58. The number of amides is 1. The molecule has 0 saturated carbocycles. The zero-order valence-electron chi connectivity index (χ0n) is 25.1. The van der Waals surface area contributed by atoms with Crippen LogP contribution in [0.15, 0.2) is 36.7 Å². The Morgan fingerprint density at radius 1 is 1.07 bits per heavy atom. The maximum atomic E-state index is 15.2. The molecule has 10 nitrogen and oxygen atoms in total. The number of carbonyl (C=O) groups excluding carboxylic acids is 1. The van der Waals surface area contributed by atoms with E-state index in [1.54, 1.807) is 29.3 Å². The first-order valence-corrected chi connectivity index (χ1v) is 14.7. The second-order valence-electron chi connectivity index (χ2n) is 12.9. The van der Waals surface area contributed by atoms with E-state index in [4.69, 9.17) is 9.47 Å². The number of aromatic nitrogens is 3. The van der Waals surface area contributed by atoms with E-state index >= 15 is 4.39 Å². The third-order valence-corrected chi connectivity index (χ3v) is 8.02. The molecule has 3 aliphatic rings. The normalized spacial score (nSPS) is 19.5. The number of fused-ring (bicyclic) bond motifs is 3. The molecular weight excluding hydrogens is 556 g/mol. The predicted octanol–water partition coefficient (Wildman–Crippen LogP) is 6.47. The Balaban J connectivity index is 1.11. The molecule has 1 aromatic carbocycles. The van der Waals surface area contributed by atoms with Gasteiger partial charge < -0.3 is 29.9 Å². The average molecular weight is 594 g/mol. The number of hydrogen-bond acceptors (Lipinski definition) is 9. The van der Waals surface area contributed by atoms with Gasteiger partial charge in [-0.05, 0) is 71.7 Å². The molecule has 0 aliphatic carbocycles. The van der Waals surface area contributed by atoms with Gasteiger partial charge in [-0.1, -0.05) is 0 Å². The van der Waals surface area contributed by atoms with Crippen molar-refractivity contribution >= 4 is 29.2 Å². The highest BCUT2D eigenvalue weighted by Crippen LogP contribution is 2.49. The molecule has 2 aromatic heterocycles. The summed E-state index contributed by atoms with van der Waals surface area (Å²) in [5.41, 5.74) is 0.802. The average Bonchev–Trinajstić information content (AvgIpc) is 3.47. The minimum Gasteiger partial charge on any atom is -0.489 e. The van der Waals surface area contributed by atoms with Gasteiger partial charge in [-0.2, -0.15) is 0 Å². The zero-order chi connectivity index (χ0) is 30.5. The number of likely N-dealkylation sites (tertiary alicyclic amines) is 1. The smallest absolute Gasteiger partial charge is 0.410 e. The maximum Gasteiger partial charge on any atom is 0.410 e. The number of benzene rings is 1. The number of rotatable bonds is 5. The summed E-state index contributed by atoms with van der Waals surface area (Å²) in [6.07, 6.45) is 5.55. The summed E-state index contributed by atoms with van der Waals surface area (Å²) in [5.74, 6) is 0.0639. The van der Waals surface area contributed by atoms with E-state index in [1.807, 2.05) is 20.8 Å². The molecule has 3 aromatic rings. The standard InChI is InChI=1S/C31H37F2N7O3/c1-30(2,3)43-29(41)39-12-9-19(10-13-39)42-20-6-7-24(34-16-20)36-28-35-17-22(33)26(38-28)18-14-21(32)27-23(15-18)40-25(37-27)8-11-31(40,4)5/h6-7,14-17,19,25,37H,8-13H2,1-5H3,(H,34,35,36,38). The fraction of sp³-hybridized carbons (Fsp3) is 0.484. The van der Waals surface area contributed by atoms with Gasteiger partial charge >= 0.3 is 6.09 Å². The van der Waals surface area contributed by atoms with Crippen molar-refractivity contribution in [2.45, 2.75) is 83.7 Å². The Bertz CT molecular complexity index is 1520. The van der Waals surface area contributed by atoms with E-state index < -0.39 is 17.2 Å². The lowest BCUT2D eigenvalue weighted by Gasteiger charge is -2.33. The highest BCUT2D eigenvalue weighted by molar-refractivity contribution is 5.83. The van der Waals surface area contributed by atoms with Crippen LogP contribution in [-0.4, -0.2) is 62.4 Å². The topological polar surface area (TPSA) is 105 Å². The first-order valence-electron chi connectivity index (χ1n) is 14.7. The molecule has 3 aliphatic heterocycles. The molecule has 5 heterocycles. The molecule has 1 amide bonds. The van der Waals surface area contributed by atoms with Gasteiger partial charge in [0.1, 0.15) is 34.8 Å². The Morgan fingerprint density at radius 2 is 1.84 bits per heavy atom. The van der Waals surface area contributed by atoms with E-state index in [2.05, 4.69) is 44.3 Å². The van der Waals surface area contributed by atoms with Crippen molar-refractivity contribution in [2.75, 3.05) is 28.6 Å². The van der Waals surface area contributed by atoms with Crippen LogP contribution in [-0.2, 0) is 4.74 Å². The summed E-state index contributed by atoms with van der Waals surface area (Å²) >= 11 is 0. The van der Waals surface area contributed by atoms with Gasteiger partial charge in [0.2, 0.25) is 5.95 Å². The van der Waals surface area contributed by atoms with E-state index in [1.165, 1.54) is 6.07 Å². The Kier molecular flexibility index (Phi) is 7.26. The number of nitrogens with zero attached hydrogens (tertiary/aromatic N) is 5. The van der Waals surface area contributed by atoms with Crippen LogP contribution in [0.1, 0.15) is 60.3 Å². The van der Waals surface area contributed by atoms with Gasteiger partial charge in [-0.25, -0.2) is 28.5 Å². The summed E-state index contributed by atoms with van der Waals surface area (Å²) in [4.78, 5) is 29.0. The number of halogens is 2. The fourth-order valence-electron chi connectivity index (χ4n) is 5.96. The molecule has 6 rings (SSSR count). The summed E-state index contributed by atoms with van der Waals surface area (Å²) < 4.78 is 41.7. The van der Waals surface area contributed by atoms with Crippen LogP contribution in [0, 0.1) is 11.6 Å². The second kappa shape index (κ2) is 10.8. The van der Waals surface area contributed by atoms with Gasteiger partial charge in [0.05, 0.1) is 29.9 Å². The monoisotopic (exact) mass is 593 g/mol. The van der Waals surface area contributed by atoms with Crippen molar-refractivity contribution in [1.29, 1.82) is 0 Å². The van der Waals surface area contributed by atoms with E-state index in [0.717, 1.165) is 19.0 Å². The van der Waals surface area contributed by atoms with Gasteiger partial charge in [-0.3, -0.25) is 0 Å². The lowest BCUT2D eigenvalue weighted by molar-refractivity contribution is 0.0126. The minimum absolute atomic E-state index is 0.00247. The number of anilines is 4. The quantitative estimate of drug-likeness (QED) is 0.344. The molecular formula is C31H37F2N7O3. The highest BCUT2D eigenvalue weighted by atomic mass is 19.1. The van der Waals surface area contributed by atoms with Crippen molar-refractivity contribution in [3.05, 3.63) is 48.3 Å². The number of hydrogen-bond donors (Lipinski definition) is 2. The number of ether oxygens (including phenoxy) is 2. The highest BCUT2D eigenvalue weighted by Gasteiger charge is 2.45. The lowest BCUT2D eigenvalue weighted by Crippen LogP contribution is -2.44. The number of pyridine rings is 1. The Labute approximate surface area is 249 Å². The van der Waals surface area contributed by atoms with E-state index in [9.17, 15) is 9.18 Å². The molecule has 12 heteroatoms. The van der Waals surface area contributed by atoms with Crippen molar-refractivity contribution < 1.29 is 23.0 Å². The van der Waals surface area contributed by atoms with Crippen molar-refractivity contribution in [1.82, 2.24) is 19.9 Å².